The lowest BCUT2D eigenvalue weighted by Crippen LogP contribution is -2.29. The second-order valence-electron chi connectivity index (χ2n) is 7.73. The first-order valence-corrected chi connectivity index (χ1v) is 10.6. The molecule has 2 aromatic carbocycles. The van der Waals surface area contributed by atoms with Crippen LogP contribution in [0.2, 0.25) is 0 Å². The maximum atomic E-state index is 13.2. The highest BCUT2D eigenvalue weighted by Crippen LogP contribution is 2.43. The van der Waals surface area contributed by atoms with E-state index in [-0.39, 0.29) is 11.3 Å². The van der Waals surface area contributed by atoms with Crippen molar-refractivity contribution in [3.05, 3.63) is 82.8 Å². The van der Waals surface area contributed by atoms with Gasteiger partial charge in [-0.3, -0.25) is 14.5 Å². The Morgan fingerprint density at radius 3 is 2.36 bits per heavy atom. The Morgan fingerprint density at radius 2 is 1.79 bits per heavy atom. The van der Waals surface area contributed by atoms with Crippen LogP contribution < -0.4 is 14.4 Å². The first-order valence-electron chi connectivity index (χ1n) is 10.6. The van der Waals surface area contributed by atoms with Gasteiger partial charge in [0.2, 0.25) is 0 Å². The third kappa shape index (κ3) is 3.98. The second kappa shape index (κ2) is 8.86. The predicted octanol–water partition coefficient (Wildman–Crippen LogP) is 4.93. The standard InChI is InChI=1S/C26H25NO6/c1-5-32-19-10-8-18(9-11-19)27-23(21-12-6-16(3)33-21)22(25(29)26(27)30)24(28)17-7-13-20(31-4)15(2)14-17/h6-14,23,28H,5H2,1-4H3/b24-22-. The summed E-state index contributed by atoms with van der Waals surface area (Å²) in [6.07, 6.45) is 0. The van der Waals surface area contributed by atoms with Gasteiger partial charge < -0.3 is 19.0 Å². The van der Waals surface area contributed by atoms with E-state index in [1.54, 1.807) is 68.6 Å². The number of aliphatic hydroxyl groups excluding tert-OH is 1. The number of furan rings is 1. The molecule has 1 aliphatic heterocycles. The number of ether oxygens (including phenoxy) is 2. The number of aliphatic hydroxyl groups is 1. The topological polar surface area (TPSA) is 89.2 Å². The first-order chi connectivity index (χ1) is 15.8. The maximum absolute atomic E-state index is 13.2. The number of carbonyl (C=O) groups excluding carboxylic acids is 2. The number of nitrogens with zero attached hydrogens (tertiary/aromatic N) is 1. The molecule has 0 aliphatic carbocycles. The van der Waals surface area contributed by atoms with E-state index in [0.717, 1.165) is 5.56 Å². The molecule has 4 rings (SSSR count). The van der Waals surface area contributed by atoms with Crippen molar-refractivity contribution in [2.45, 2.75) is 26.8 Å². The number of aryl methyl sites for hydroxylation is 2. The van der Waals surface area contributed by atoms with Gasteiger partial charge in [0.05, 0.1) is 19.3 Å². The average Bonchev–Trinajstić information content (AvgIpc) is 3.35. The molecule has 3 aromatic rings. The lowest BCUT2D eigenvalue weighted by molar-refractivity contribution is -0.132. The smallest absolute Gasteiger partial charge is 0.300 e. The van der Waals surface area contributed by atoms with Crippen LogP contribution in [0.25, 0.3) is 5.76 Å². The molecule has 1 aromatic heterocycles. The number of anilines is 1. The third-order valence-corrected chi connectivity index (χ3v) is 5.57. The van der Waals surface area contributed by atoms with E-state index < -0.39 is 17.7 Å². The van der Waals surface area contributed by atoms with Gasteiger partial charge in [-0.1, -0.05) is 0 Å². The molecule has 0 saturated carbocycles. The minimum Gasteiger partial charge on any atom is -0.507 e. The van der Waals surface area contributed by atoms with Crippen molar-refractivity contribution in [3.63, 3.8) is 0 Å². The monoisotopic (exact) mass is 447 g/mol. The number of benzene rings is 2. The molecule has 33 heavy (non-hydrogen) atoms. The second-order valence-corrected chi connectivity index (χ2v) is 7.73. The molecule has 2 heterocycles. The summed E-state index contributed by atoms with van der Waals surface area (Å²) in [6, 6.07) is 14.5. The third-order valence-electron chi connectivity index (χ3n) is 5.57. The number of carbonyl (C=O) groups is 2. The van der Waals surface area contributed by atoms with Gasteiger partial charge in [-0.05, 0) is 80.9 Å². The van der Waals surface area contributed by atoms with Crippen molar-refractivity contribution in [3.8, 4) is 11.5 Å². The zero-order chi connectivity index (χ0) is 23.7. The summed E-state index contributed by atoms with van der Waals surface area (Å²) < 4.78 is 16.6. The van der Waals surface area contributed by atoms with Crippen LogP contribution in [-0.2, 0) is 9.59 Å². The van der Waals surface area contributed by atoms with E-state index in [2.05, 4.69) is 0 Å². The highest BCUT2D eigenvalue weighted by Gasteiger charge is 2.48. The Kier molecular flexibility index (Phi) is 5.96. The Bertz CT molecular complexity index is 1240. The fraction of sp³-hybridized carbons (Fsp3) is 0.231. The fourth-order valence-electron chi connectivity index (χ4n) is 4.02. The molecule has 1 N–H and O–H groups in total. The number of ketones is 1. The number of amides is 1. The zero-order valence-electron chi connectivity index (χ0n) is 18.9. The molecule has 0 spiro atoms. The SMILES string of the molecule is CCOc1ccc(N2C(=O)C(=O)/C(=C(\O)c3ccc(OC)c(C)c3)C2c2ccc(C)o2)cc1. The molecule has 1 fully saturated rings. The van der Waals surface area contributed by atoms with Gasteiger partial charge in [0.15, 0.2) is 0 Å². The van der Waals surface area contributed by atoms with Gasteiger partial charge >= 0.3 is 0 Å². The minimum atomic E-state index is -0.918. The molecule has 1 amide bonds. The quantitative estimate of drug-likeness (QED) is 0.327. The number of Topliss-reactive ketones (excluding diaryl/α,β-unsaturated/α-hetero) is 1. The average molecular weight is 447 g/mol. The van der Waals surface area contributed by atoms with E-state index in [0.29, 0.717) is 40.9 Å². The zero-order valence-corrected chi connectivity index (χ0v) is 18.9. The van der Waals surface area contributed by atoms with Gasteiger partial charge in [-0.25, -0.2) is 0 Å². The summed E-state index contributed by atoms with van der Waals surface area (Å²) >= 11 is 0. The molecule has 7 nitrogen and oxygen atoms in total. The van der Waals surface area contributed by atoms with Gasteiger partial charge in [-0.15, -0.1) is 0 Å². The van der Waals surface area contributed by atoms with Crippen LogP contribution >= 0.6 is 0 Å². The van der Waals surface area contributed by atoms with Gasteiger partial charge in [-0.2, -0.15) is 0 Å². The van der Waals surface area contributed by atoms with Crippen molar-refractivity contribution in [2.24, 2.45) is 0 Å². The molecule has 1 saturated heterocycles. The Labute approximate surface area is 191 Å². The fourth-order valence-corrected chi connectivity index (χ4v) is 4.02. The van der Waals surface area contributed by atoms with E-state index in [4.69, 9.17) is 13.9 Å². The van der Waals surface area contributed by atoms with Crippen molar-refractivity contribution in [2.75, 3.05) is 18.6 Å². The molecule has 1 unspecified atom stereocenters. The summed E-state index contributed by atoms with van der Waals surface area (Å²) in [5.74, 6) is 0.511. The van der Waals surface area contributed by atoms with Crippen molar-refractivity contribution in [1.29, 1.82) is 0 Å². The lowest BCUT2D eigenvalue weighted by Gasteiger charge is -2.23. The molecular weight excluding hydrogens is 422 g/mol. The van der Waals surface area contributed by atoms with E-state index in [1.165, 1.54) is 4.90 Å². The number of hydrogen-bond acceptors (Lipinski definition) is 6. The summed E-state index contributed by atoms with van der Waals surface area (Å²) in [4.78, 5) is 27.7. The van der Waals surface area contributed by atoms with Gasteiger partial charge in [0.25, 0.3) is 11.7 Å². The summed E-state index contributed by atoms with van der Waals surface area (Å²) in [5.41, 5.74) is 1.65. The van der Waals surface area contributed by atoms with Gasteiger partial charge in [0, 0.05) is 11.3 Å². The Balaban J connectivity index is 1.87. The van der Waals surface area contributed by atoms with E-state index >= 15 is 0 Å². The van der Waals surface area contributed by atoms with Crippen LogP contribution in [0.1, 0.15) is 35.6 Å². The molecule has 1 aliphatic rings. The van der Waals surface area contributed by atoms with Crippen LogP contribution in [0.3, 0.4) is 0 Å². The lowest BCUT2D eigenvalue weighted by atomic mass is 9.98. The van der Waals surface area contributed by atoms with Crippen LogP contribution in [0.15, 0.2) is 64.6 Å². The number of hydrogen-bond donors (Lipinski definition) is 1. The molecule has 0 radical (unpaired) electrons. The van der Waals surface area contributed by atoms with Crippen LogP contribution in [0.4, 0.5) is 5.69 Å². The normalized spacial score (nSPS) is 17.5. The Morgan fingerprint density at radius 1 is 1.06 bits per heavy atom. The molecule has 0 bridgehead atoms. The van der Waals surface area contributed by atoms with Crippen LogP contribution in [0, 0.1) is 13.8 Å². The highest BCUT2D eigenvalue weighted by molar-refractivity contribution is 6.51. The molecule has 1 atom stereocenters. The van der Waals surface area contributed by atoms with Gasteiger partial charge in [0.1, 0.15) is 34.8 Å². The van der Waals surface area contributed by atoms with Crippen LogP contribution in [-0.4, -0.2) is 30.5 Å². The predicted molar refractivity (Wildman–Crippen MR) is 124 cm³/mol. The van der Waals surface area contributed by atoms with Crippen molar-refractivity contribution < 1.29 is 28.6 Å². The Hall–Kier alpha value is -4.00. The maximum Gasteiger partial charge on any atom is 0.300 e. The van der Waals surface area contributed by atoms with Crippen molar-refractivity contribution in [1.82, 2.24) is 0 Å². The summed E-state index contributed by atoms with van der Waals surface area (Å²) in [7, 11) is 1.56. The summed E-state index contributed by atoms with van der Waals surface area (Å²) in [6.45, 7) is 6.00. The summed E-state index contributed by atoms with van der Waals surface area (Å²) in [5, 5.41) is 11.2. The molecular formula is C26H25NO6. The van der Waals surface area contributed by atoms with E-state index in [1.807, 2.05) is 13.8 Å². The molecule has 7 heteroatoms. The van der Waals surface area contributed by atoms with Crippen molar-refractivity contribution >= 4 is 23.1 Å². The number of methoxy groups -OCH3 is 1. The molecule has 170 valence electrons. The highest BCUT2D eigenvalue weighted by atomic mass is 16.5. The van der Waals surface area contributed by atoms with E-state index in [9.17, 15) is 14.7 Å². The largest absolute Gasteiger partial charge is 0.507 e. The first kappa shape index (κ1) is 22.2. The number of rotatable bonds is 6. The minimum absolute atomic E-state index is 0.0344. The van der Waals surface area contributed by atoms with Crippen LogP contribution in [0.5, 0.6) is 11.5 Å².